The first-order valence-corrected chi connectivity index (χ1v) is 5.85. The fraction of sp³-hybridized carbons (Fsp3) is 0.636. The van der Waals surface area contributed by atoms with Crippen LogP contribution in [0.15, 0.2) is 11.1 Å². The zero-order valence-corrected chi connectivity index (χ0v) is 9.07. The molecule has 0 atom stereocenters. The van der Waals surface area contributed by atoms with E-state index in [0.717, 1.165) is 11.8 Å². The Hall–Kier alpha value is -1.52. The quantitative estimate of drug-likeness (QED) is 0.705. The summed E-state index contributed by atoms with van der Waals surface area (Å²) < 4.78 is 0. The predicted octanol–water partition coefficient (Wildman–Crippen LogP) is 0.953. The highest BCUT2D eigenvalue weighted by molar-refractivity contribution is 5.59. The second-order valence-electron chi connectivity index (χ2n) is 4.84. The van der Waals surface area contributed by atoms with Crippen LogP contribution in [0.1, 0.15) is 25.7 Å². The van der Waals surface area contributed by atoms with E-state index < -0.39 is 0 Å². The van der Waals surface area contributed by atoms with E-state index in [0.29, 0.717) is 11.9 Å². The van der Waals surface area contributed by atoms with Gasteiger partial charge in [-0.2, -0.15) is 0 Å². The minimum absolute atomic E-state index is 0.203. The molecule has 0 unspecified atom stereocenters. The van der Waals surface area contributed by atoms with Crippen molar-refractivity contribution in [2.75, 3.05) is 11.1 Å². The van der Waals surface area contributed by atoms with Gasteiger partial charge in [0.15, 0.2) is 5.82 Å². The average molecular weight is 220 g/mol. The van der Waals surface area contributed by atoms with Crippen LogP contribution in [0.2, 0.25) is 0 Å². The Bertz CT molecular complexity index is 436. The molecule has 86 valence electrons. The molecule has 1 heterocycles. The lowest BCUT2D eigenvalue weighted by Crippen LogP contribution is -2.27. The van der Waals surface area contributed by atoms with Crippen molar-refractivity contribution in [3.63, 3.8) is 0 Å². The molecule has 2 fully saturated rings. The molecule has 1 aromatic rings. The first-order valence-electron chi connectivity index (χ1n) is 5.85. The number of aromatic amines is 1. The molecule has 0 spiro atoms. The first kappa shape index (κ1) is 9.69. The van der Waals surface area contributed by atoms with Gasteiger partial charge in [-0.1, -0.05) is 0 Å². The van der Waals surface area contributed by atoms with E-state index in [1.807, 2.05) is 0 Å². The van der Waals surface area contributed by atoms with Crippen LogP contribution in [-0.2, 0) is 0 Å². The largest absolute Gasteiger partial charge is 0.391 e. The van der Waals surface area contributed by atoms with E-state index >= 15 is 0 Å². The number of hydrogen-bond donors (Lipinski definition) is 3. The normalized spacial score (nSPS) is 20.1. The first-order chi connectivity index (χ1) is 7.75. The number of aromatic nitrogens is 2. The molecule has 0 amide bonds. The van der Waals surface area contributed by atoms with Gasteiger partial charge in [-0.05, 0) is 37.5 Å². The maximum absolute atomic E-state index is 11.3. The predicted molar refractivity (Wildman–Crippen MR) is 62.1 cm³/mol. The second kappa shape index (κ2) is 3.50. The van der Waals surface area contributed by atoms with Gasteiger partial charge in [0.1, 0.15) is 5.69 Å². The van der Waals surface area contributed by atoms with E-state index in [4.69, 9.17) is 5.73 Å². The Labute approximate surface area is 93.5 Å². The number of anilines is 2. The summed E-state index contributed by atoms with van der Waals surface area (Å²) in [5.74, 6) is 2.06. The van der Waals surface area contributed by atoms with Crippen molar-refractivity contribution in [3.05, 3.63) is 16.7 Å². The summed E-state index contributed by atoms with van der Waals surface area (Å²) >= 11 is 0. The van der Waals surface area contributed by atoms with Gasteiger partial charge in [-0.25, -0.2) is 4.98 Å². The fourth-order valence-electron chi connectivity index (χ4n) is 2.21. The van der Waals surface area contributed by atoms with Crippen LogP contribution in [0.4, 0.5) is 11.5 Å². The van der Waals surface area contributed by atoms with Crippen LogP contribution in [0, 0.1) is 11.8 Å². The Morgan fingerprint density at radius 1 is 1.38 bits per heavy atom. The minimum Gasteiger partial charge on any atom is -0.391 e. The zero-order valence-electron chi connectivity index (χ0n) is 9.07. The highest BCUT2D eigenvalue weighted by atomic mass is 16.1. The lowest BCUT2D eigenvalue weighted by molar-refractivity contribution is 0.565. The Balaban J connectivity index is 1.81. The average Bonchev–Trinajstić information content (AvgIpc) is 3.15. The molecule has 3 rings (SSSR count). The van der Waals surface area contributed by atoms with Crippen LogP contribution in [0.25, 0.3) is 0 Å². The van der Waals surface area contributed by atoms with Crippen LogP contribution in [0.3, 0.4) is 0 Å². The summed E-state index contributed by atoms with van der Waals surface area (Å²) in [7, 11) is 0. The number of rotatable bonds is 4. The van der Waals surface area contributed by atoms with Crippen LogP contribution < -0.4 is 16.6 Å². The van der Waals surface area contributed by atoms with Gasteiger partial charge in [0.25, 0.3) is 5.56 Å². The van der Waals surface area contributed by atoms with Crippen molar-refractivity contribution in [3.8, 4) is 0 Å². The summed E-state index contributed by atoms with van der Waals surface area (Å²) in [5.41, 5.74) is 5.64. The molecule has 0 saturated heterocycles. The van der Waals surface area contributed by atoms with E-state index in [1.165, 1.54) is 32.0 Å². The molecule has 16 heavy (non-hydrogen) atoms. The topological polar surface area (TPSA) is 83.8 Å². The summed E-state index contributed by atoms with van der Waals surface area (Å²) in [4.78, 5) is 17.9. The highest BCUT2D eigenvalue weighted by Gasteiger charge is 2.41. The summed E-state index contributed by atoms with van der Waals surface area (Å²) in [6, 6.07) is 0.469. The molecule has 1 aromatic heterocycles. The second-order valence-corrected chi connectivity index (χ2v) is 4.84. The highest BCUT2D eigenvalue weighted by Crippen LogP contribution is 2.45. The van der Waals surface area contributed by atoms with Crippen molar-refractivity contribution in [1.82, 2.24) is 9.97 Å². The molecule has 0 bridgehead atoms. The molecule has 4 N–H and O–H groups in total. The zero-order chi connectivity index (χ0) is 11.1. The maximum Gasteiger partial charge on any atom is 0.276 e. The molecule has 2 aliphatic carbocycles. The van der Waals surface area contributed by atoms with Gasteiger partial charge in [0.2, 0.25) is 0 Å². The van der Waals surface area contributed by atoms with Gasteiger partial charge >= 0.3 is 0 Å². The molecule has 0 aliphatic heterocycles. The number of nitrogen functional groups attached to an aromatic ring is 1. The number of nitrogens with two attached hydrogens (primary N) is 1. The molecule has 0 radical (unpaired) electrons. The Morgan fingerprint density at radius 3 is 2.56 bits per heavy atom. The van der Waals surface area contributed by atoms with Crippen molar-refractivity contribution in [2.45, 2.75) is 31.7 Å². The Kier molecular flexibility index (Phi) is 2.12. The Morgan fingerprint density at radius 2 is 2.00 bits per heavy atom. The van der Waals surface area contributed by atoms with E-state index in [9.17, 15) is 4.79 Å². The smallest absolute Gasteiger partial charge is 0.276 e. The van der Waals surface area contributed by atoms with Gasteiger partial charge in [-0.15, -0.1) is 0 Å². The third-order valence-corrected chi connectivity index (χ3v) is 3.45. The molecular weight excluding hydrogens is 204 g/mol. The third-order valence-electron chi connectivity index (χ3n) is 3.45. The van der Waals surface area contributed by atoms with Crippen LogP contribution in [0.5, 0.6) is 0 Å². The SMILES string of the molecule is Nc1c(NC(C2CC2)C2CC2)nc[nH]c1=O. The van der Waals surface area contributed by atoms with Crippen molar-refractivity contribution in [2.24, 2.45) is 11.8 Å². The van der Waals surface area contributed by atoms with Gasteiger partial charge in [-0.3, -0.25) is 4.79 Å². The van der Waals surface area contributed by atoms with Crippen molar-refractivity contribution < 1.29 is 0 Å². The lowest BCUT2D eigenvalue weighted by atomic mass is 10.1. The number of H-pyrrole nitrogens is 1. The molecule has 2 saturated carbocycles. The monoisotopic (exact) mass is 220 g/mol. The van der Waals surface area contributed by atoms with Gasteiger partial charge in [0.05, 0.1) is 6.33 Å². The fourth-order valence-corrected chi connectivity index (χ4v) is 2.21. The standard InChI is InChI=1S/C11H16N4O/c12-8-10(13-5-14-11(8)16)15-9(6-1-2-6)7-3-4-7/h5-7,9H,1-4,12H2,(H2,13,14,15,16). The molecule has 5 heteroatoms. The van der Waals surface area contributed by atoms with Gasteiger partial charge in [0, 0.05) is 6.04 Å². The van der Waals surface area contributed by atoms with E-state index in [-0.39, 0.29) is 11.2 Å². The molecule has 5 nitrogen and oxygen atoms in total. The van der Waals surface area contributed by atoms with Crippen molar-refractivity contribution in [1.29, 1.82) is 0 Å². The number of hydrogen-bond acceptors (Lipinski definition) is 4. The lowest BCUT2D eigenvalue weighted by Gasteiger charge is -2.18. The molecular formula is C11H16N4O. The van der Waals surface area contributed by atoms with Crippen molar-refractivity contribution >= 4 is 11.5 Å². The minimum atomic E-state index is -0.261. The van der Waals surface area contributed by atoms with Crippen LogP contribution >= 0.6 is 0 Å². The van der Waals surface area contributed by atoms with Gasteiger partial charge < -0.3 is 16.0 Å². The number of nitrogens with one attached hydrogen (secondary N) is 2. The molecule has 2 aliphatic rings. The summed E-state index contributed by atoms with van der Waals surface area (Å²) in [6.07, 6.45) is 6.56. The third kappa shape index (κ3) is 1.77. The summed E-state index contributed by atoms with van der Waals surface area (Å²) in [6.45, 7) is 0. The number of nitrogens with zero attached hydrogens (tertiary/aromatic N) is 1. The van der Waals surface area contributed by atoms with E-state index in [1.54, 1.807) is 0 Å². The maximum atomic E-state index is 11.3. The summed E-state index contributed by atoms with van der Waals surface area (Å²) in [5, 5.41) is 3.36. The molecule has 0 aromatic carbocycles. The van der Waals surface area contributed by atoms with E-state index in [2.05, 4.69) is 15.3 Å². The van der Waals surface area contributed by atoms with Crippen LogP contribution in [-0.4, -0.2) is 16.0 Å².